The van der Waals surface area contributed by atoms with Gasteiger partial charge in [0.05, 0.1) is 0 Å². The van der Waals surface area contributed by atoms with Gasteiger partial charge in [-0.05, 0) is 18.1 Å². The van der Waals surface area contributed by atoms with Crippen LogP contribution in [0, 0.1) is 6.92 Å². The van der Waals surface area contributed by atoms with Crippen molar-refractivity contribution in [2.75, 3.05) is 7.11 Å². The molecule has 0 aliphatic carbocycles. The predicted octanol–water partition coefficient (Wildman–Crippen LogP) is 3.49. The van der Waals surface area contributed by atoms with E-state index in [2.05, 4.69) is 0 Å². The molecular formula is C17H18O2. The molecule has 2 aromatic carbocycles. The number of carbonyl (C=O) groups excluding carboxylic acids is 1. The summed E-state index contributed by atoms with van der Waals surface area (Å²) in [5, 5.41) is 0. The summed E-state index contributed by atoms with van der Waals surface area (Å²) in [4.78, 5) is 12.3. The first-order valence-electron chi connectivity index (χ1n) is 6.36. The molecule has 0 saturated carbocycles. The van der Waals surface area contributed by atoms with E-state index in [4.69, 9.17) is 4.74 Å². The molecule has 0 radical (unpaired) electrons. The van der Waals surface area contributed by atoms with Crippen molar-refractivity contribution in [1.82, 2.24) is 0 Å². The normalized spacial score (nSPS) is 12.1. The zero-order chi connectivity index (χ0) is 13.7. The first kappa shape index (κ1) is 13.5. The summed E-state index contributed by atoms with van der Waals surface area (Å²) in [5.41, 5.74) is 3.10. The summed E-state index contributed by atoms with van der Waals surface area (Å²) in [6.45, 7) is 2.03. The summed E-state index contributed by atoms with van der Waals surface area (Å²) in [5.74, 6) is 0.0827. The molecule has 0 N–H and O–H groups in total. The highest BCUT2D eigenvalue weighted by Gasteiger charge is 2.19. The molecule has 0 spiro atoms. The fourth-order valence-corrected chi connectivity index (χ4v) is 2.20. The van der Waals surface area contributed by atoms with E-state index < -0.39 is 6.10 Å². The third kappa shape index (κ3) is 3.52. The maximum Gasteiger partial charge on any atom is 0.170 e. The topological polar surface area (TPSA) is 26.3 Å². The minimum Gasteiger partial charge on any atom is -0.369 e. The Morgan fingerprint density at radius 3 is 2.47 bits per heavy atom. The number of hydrogen-bond acceptors (Lipinski definition) is 2. The van der Waals surface area contributed by atoms with Gasteiger partial charge in [0.2, 0.25) is 0 Å². The Morgan fingerprint density at radius 1 is 1.11 bits per heavy atom. The summed E-state index contributed by atoms with van der Waals surface area (Å²) < 4.78 is 5.35. The average Bonchev–Trinajstić information content (AvgIpc) is 2.41. The van der Waals surface area contributed by atoms with Crippen molar-refractivity contribution >= 4 is 5.78 Å². The number of ketones is 1. The predicted molar refractivity (Wildman–Crippen MR) is 76.1 cm³/mol. The van der Waals surface area contributed by atoms with Gasteiger partial charge < -0.3 is 4.74 Å². The molecule has 2 nitrogen and oxygen atoms in total. The minimum absolute atomic E-state index is 0.0827. The monoisotopic (exact) mass is 254 g/mol. The van der Waals surface area contributed by atoms with Crippen molar-refractivity contribution in [2.45, 2.75) is 19.4 Å². The molecule has 2 rings (SSSR count). The number of aryl methyl sites for hydroxylation is 1. The number of ether oxygens (including phenoxy) is 1. The maximum atomic E-state index is 12.3. The molecule has 1 atom stereocenters. The van der Waals surface area contributed by atoms with E-state index in [-0.39, 0.29) is 5.78 Å². The van der Waals surface area contributed by atoms with Gasteiger partial charge in [-0.25, -0.2) is 0 Å². The Hall–Kier alpha value is -1.93. The van der Waals surface area contributed by atoms with Crippen LogP contribution in [0.25, 0.3) is 0 Å². The van der Waals surface area contributed by atoms with Crippen LogP contribution in [-0.4, -0.2) is 12.9 Å². The van der Waals surface area contributed by atoms with Gasteiger partial charge in [0, 0.05) is 13.5 Å². The molecular weight excluding hydrogens is 236 g/mol. The molecule has 0 saturated heterocycles. The number of benzene rings is 2. The first-order chi connectivity index (χ1) is 9.20. The van der Waals surface area contributed by atoms with Gasteiger partial charge in [0.25, 0.3) is 0 Å². The van der Waals surface area contributed by atoms with Crippen molar-refractivity contribution < 1.29 is 9.53 Å². The van der Waals surface area contributed by atoms with Gasteiger partial charge in [-0.1, -0.05) is 60.2 Å². The SMILES string of the molecule is COC(C(=O)Cc1cccc(C)c1)c1ccccc1. The molecule has 0 aliphatic heterocycles. The number of carbonyl (C=O) groups is 1. The minimum atomic E-state index is -0.485. The molecule has 0 bridgehead atoms. The zero-order valence-corrected chi connectivity index (χ0v) is 11.3. The van der Waals surface area contributed by atoms with Crippen molar-refractivity contribution in [2.24, 2.45) is 0 Å². The van der Waals surface area contributed by atoms with E-state index in [1.165, 1.54) is 5.56 Å². The van der Waals surface area contributed by atoms with E-state index in [0.29, 0.717) is 6.42 Å². The van der Waals surface area contributed by atoms with E-state index in [0.717, 1.165) is 11.1 Å². The lowest BCUT2D eigenvalue weighted by molar-refractivity contribution is -0.128. The van der Waals surface area contributed by atoms with Gasteiger partial charge in [0.15, 0.2) is 5.78 Å². The van der Waals surface area contributed by atoms with Crippen molar-refractivity contribution in [1.29, 1.82) is 0 Å². The van der Waals surface area contributed by atoms with Gasteiger partial charge in [0.1, 0.15) is 6.10 Å². The Balaban J connectivity index is 2.14. The highest BCUT2D eigenvalue weighted by Crippen LogP contribution is 2.19. The standard InChI is InChI=1S/C17H18O2/c1-13-7-6-8-14(11-13)12-16(18)17(19-2)15-9-4-3-5-10-15/h3-11,17H,12H2,1-2H3. The Morgan fingerprint density at radius 2 is 1.84 bits per heavy atom. The van der Waals surface area contributed by atoms with Gasteiger partial charge in [-0.2, -0.15) is 0 Å². The molecule has 98 valence electrons. The second-order valence-corrected chi connectivity index (χ2v) is 4.66. The van der Waals surface area contributed by atoms with Crippen molar-refractivity contribution in [3.8, 4) is 0 Å². The highest BCUT2D eigenvalue weighted by molar-refractivity contribution is 5.86. The van der Waals surface area contributed by atoms with Crippen LogP contribution >= 0.6 is 0 Å². The second-order valence-electron chi connectivity index (χ2n) is 4.66. The number of hydrogen-bond donors (Lipinski definition) is 0. The van der Waals surface area contributed by atoms with Crippen LogP contribution in [0.15, 0.2) is 54.6 Å². The van der Waals surface area contributed by atoms with E-state index >= 15 is 0 Å². The Kier molecular flexibility index (Phi) is 4.48. The van der Waals surface area contributed by atoms with Crippen LogP contribution in [0.2, 0.25) is 0 Å². The molecule has 0 amide bonds. The van der Waals surface area contributed by atoms with E-state index in [9.17, 15) is 4.79 Å². The van der Waals surface area contributed by atoms with Gasteiger partial charge in [-0.3, -0.25) is 4.79 Å². The fourth-order valence-electron chi connectivity index (χ4n) is 2.20. The molecule has 1 unspecified atom stereocenters. The molecule has 0 aromatic heterocycles. The summed E-state index contributed by atoms with van der Waals surface area (Å²) in [7, 11) is 1.58. The quantitative estimate of drug-likeness (QED) is 0.816. The largest absolute Gasteiger partial charge is 0.369 e. The molecule has 19 heavy (non-hydrogen) atoms. The number of methoxy groups -OCH3 is 1. The average molecular weight is 254 g/mol. The van der Waals surface area contributed by atoms with Crippen molar-refractivity contribution in [3.63, 3.8) is 0 Å². The highest BCUT2D eigenvalue weighted by atomic mass is 16.5. The lowest BCUT2D eigenvalue weighted by Gasteiger charge is -2.14. The van der Waals surface area contributed by atoms with Crippen LogP contribution in [0.1, 0.15) is 22.8 Å². The van der Waals surface area contributed by atoms with Gasteiger partial charge in [-0.15, -0.1) is 0 Å². The number of Topliss-reactive ketones (excluding diaryl/α,β-unsaturated/α-hetero) is 1. The lowest BCUT2D eigenvalue weighted by Crippen LogP contribution is -2.16. The van der Waals surface area contributed by atoms with Crippen LogP contribution in [-0.2, 0) is 16.0 Å². The Labute approximate surface area is 114 Å². The van der Waals surface area contributed by atoms with Gasteiger partial charge >= 0.3 is 0 Å². The third-order valence-corrected chi connectivity index (χ3v) is 3.09. The van der Waals surface area contributed by atoms with E-state index in [1.54, 1.807) is 7.11 Å². The molecule has 0 heterocycles. The smallest absolute Gasteiger partial charge is 0.170 e. The third-order valence-electron chi connectivity index (χ3n) is 3.09. The molecule has 0 aliphatic rings. The zero-order valence-electron chi connectivity index (χ0n) is 11.3. The first-order valence-corrected chi connectivity index (χ1v) is 6.36. The maximum absolute atomic E-state index is 12.3. The van der Waals surface area contributed by atoms with Crippen LogP contribution < -0.4 is 0 Å². The molecule has 2 heteroatoms. The molecule has 0 fully saturated rings. The van der Waals surface area contributed by atoms with Crippen molar-refractivity contribution in [3.05, 3.63) is 71.3 Å². The van der Waals surface area contributed by atoms with Crippen LogP contribution in [0.3, 0.4) is 0 Å². The van der Waals surface area contributed by atoms with Crippen LogP contribution in [0.4, 0.5) is 0 Å². The second kappa shape index (κ2) is 6.30. The number of rotatable bonds is 5. The fraction of sp³-hybridized carbons (Fsp3) is 0.235. The summed E-state index contributed by atoms with van der Waals surface area (Å²) in [6.07, 6.45) is -0.0866. The summed E-state index contributed by atoms with van der Waals surface area (Å²) >= 11 is 0. The summed E-state index contributed by atoms with van der Waals surface area (Å²) in [6, 6.07) is 17.6. The lowest BCUT2D eigenvalue weighted by atomic mass is 9.99. The van der Waals surface area contributed by atoms with Crippen LogP contribution in [0.5, 0.6) is 0 Å². The Bertz CT molecular complexity index is 546. The molecule has 2 aromatic rings. The van der Waals surface area contributed by atoms with E-state index in [1.807, 2.05) is 61.5 Å².